The number of rotatable bonds is 6. The number of aromatic nitrogens is 1. The number of carbonyl (C=O) groups is 1. The number of ether oxygens (including phenoxy) is 1. The molecule has 1 heterocycles. The minimum absolute atomic E-state index is 0.176. The Morgan fingerprint density at radius 2 is 2.08 bits per heavy atom. The first-order valence-electron chi connectivity index (χ1n) is 7.19. The summed E-state index contributed by atoms with van der Waals surface area (Å²) < 4.78 is 7.22. The molecule has 0 atom stereocenters. The molecule has 0 aliphatic rings. The van der Waals surface area contributed by atoms with Crippen molar-refractivity contribution in [1.82, 2.24) is 10.4 Å². The molecule has 3 aromatic rings. The number of nitrogens with one attached hydrogen (secondary N) is 1. The van der Waals surface area contributed by atoms with Crippen LogP contribution in [-0.4, -0.2) is 30.0 Å². The number of fused-ring (bicyclic) bond motifs is 1. The predicted octanol–water partition coefficient (Wildman–Crippen LogP) is 3.55. The fourth-order valence-corrected chi connectivity index (χ4v) is 3.88. The molecule has 0 aliphatic heterocycles. The van der Waals surface area contributed by atoms with Crippen LogP contribution in [0.2, 0.25) is 0 Å². The zero-order valence-electron chi connectivity index (χ0n) is 12.9. The van der Waals surface area contributed by atoms with E-state index in [1.807, 2.05) is 48.5 Å². The van der Waals surface area contributed by atoms with Crippen LogP contribution in [0.15, 0.2) is 58.0 Å². The van der Waals surface area contributed by atoms with Crippen LogP contribution in [-0.2, 0) is 4.79 Å². The van der Waals surface area contributed by atoms with Crippen molar-refractivity contribution >= 4 is 45.4 Å². The molecule has 0 spiro atoms. The SMILES string of the molecule is COc1ccccc1C=NNC(=O)CSc1nc2ccccc2s1. The van der Waals surface area contributed by atoms with Gasteiger partial charge < -0.3 is 4.74 Å². The topological polar surface area (TPSA) is 63.6 Å². The van der Waals surface area contributed by atoms with E-state index in [2.05, 4.69) is 15.5 Å². The van der Waals surface area contributed by atoms with E-state index in [-0.39, 0.29) is 11.7 Å². The molecule has 1 aromatic heterocycles. The summed E-state index contributed by atoms with van der Waals surface area (Å²) in [6.45, 7) is 0. The second-order valence-corrected chi connectivity index (χ2v) is 7.02. The summed E-state index contributed by atoms with van der Waals surface area (Å²) >= 11 is 2.99. The number of hydrogen-bond donors (Lipinski definition) is 1. The van der Waals surface area contributed by atoms with Crippen LogP contribution >= 0.6 is 23.1 Å². The normalized spacial score (nSPS) is 11.0. The molecule has 2 aromatic carbocycles. The zero-order chi connectivity index (χ0) is 16.8. The van der Waals surface area contributed by atoms with Gasteiger partial charge in [0.15, 0.2) is 4.34 Å². The number of thiazole rings is 1. The highest BCUT2D eigenvalue weighted by molar-refractivity contribution is 8.01. The second kappa shape index (κ2) is 7.94. The molecule has 0 aliphatic carbocycles. The molecule has 5 nitrogen and oxygen atoms in total. The quantitative estimate of drug-likeness (QED) is 0.416. The Hall–Kier alpha value is -2.38. The van der Waals surface area contributed by atoms with E-state index in [1.165, 1.54) is 11.8 Å². The van der Waals surface area contributed by atoms with E-state index >= 15 is 0 Å². The molecule has 3 rings (SSSR count). The van der Waals surface area contributed by atoms with Crippen LogP contribution in [0.25, 0.3) is 10.2 Å². The lowest BCUT2D eigenvalue weighted by Crippen LogP contribution is -2.19. The largest absolute Gasteiger partial charge is 0.496 e. The molecular formula is C17H15N3O2S2. The number of carbonyl (C=O) groups excluding carboxylic acids is 1. The van der Waals surface area contributed by atoms with Gasteiger partial charge in [0.25, 0.3) is 5.91 Å². The Labute approximate surface area is 147 Å². The second-order valence-electron chi connectivity index (χ2n) is 4.77. The van der Waals surface area contributed by atoms with Crippen molar-refractivity contribution in [3.8, 4) is 5.75 Å². The highest BCUT2D eigenvalue weighted by Gasteiger charge is 2.07. The van der Waals surface area contributed by atoms with Crippen molar-refractivity contribution in [2.24, 2.45) is 5.10 Å². The van der Waals surface area contributed by atoms with Crippen molar-refractivity contribution < 1.29 is 9.53 Å². The summed E-state index contributed by atoms with van der Waals surface area (Å²) in [5.41, 5.74) is 4.28. The molecule has 0 radical (unpaired) electrons. The molecular weight excluding hydrogens is 342 g/mol. The van der Waals surface area contributed by atoms with Crippen LogP contribution in [0.5, 0.6) is 5.75 Å². The Kier molecular flexibility index (Phi) is 5.45. The van der Waals surface area contributed by atoms with Crippen molar-refractivity contribution in [2.45, 2.75) is 4.34 Å². The van der Waals surface area contributed by atoms with E-state index in [9.17, 15) is 4.79 Å². The van der Waals surface area contributed by atoms with Gasteiger partial charge in [-0.15, -0.1) is 11.3 Å². The Bertz CT molecular complexity index is 844. The van der Waals surface area contributed by atoms with Gasteiger partial charge in [0.1, 0.15) is 5.75 Å². The smallest absolute Gasteiger partial charge is 0.250 e. The monoisotopic (exact) mass is 357 g/mol. The van der Waals surface area contributed by atoms with Gasteiger partial charge in [-0.25, -0.2) is 10.4 Å². The van der Waals surface area contributed by atoms with Gasteiger partial charge in [0.05, 0.1) is 29.3 Å². The summed E-state index contributed by atoms with van der Waals surface area (Å²) in [5, 5.41) is 3.97. The summed E-state index contributed by atoms with van der Waals surface area (Å²) in [7, 11) is 1.60. The minimum atomic E-state index is -0.176. The average Bonchev–Trinajstić information content (AvgIpc) is 3.03. The minimum Gasteiger partial charge on any atom is -0.496 e. The van der Waals surface area contributed by atoms with Crippen molar-refractivity contribution in [2.75, 3.05) is 12.9 Å². The van der Waals surface area contributed by atoms with Gasteiger partial charge in [-0.2, -0.15) is 5.10 Å². The van der Waals surface area contributed by atoms with Crippen LogP contribution in [0, 0.1) is 0 Å². The first kappa shape index (κ1) is 16.5. The standard InChI is InChI=1S/C17H15N3O2S2/c1-22-14-8-4-2-6-12(14)10-18-20-16(21)11-23-17-19-13-7-3-5-9-15(13)24-17/h2-10H,11H2,1H3,(H,20,21). The maximum atomic E-state index is 11.9. The van der Waals surface area contributed by atoms with E-state index in [0.717, 1.165) is 20.1 Å². The number of hydrazone groups is 1. The van der Waals surface area contributed by atoms with Gasteiger partial charge in [0.2, 0.25) is 0 Å². The number of amides is 1. The summed E-state index contributed by atoms with van der Waals surface area (Å²) in [6, 6.07) is 15.4. The molecule has 1 amide bonds. The summed E-state index contributed by atoms with van der Waals surface area (Å²) in [5.74, 6) is 0.799. The highest BCUT2D eigenvalue weighted by atomic mass is 32.2. The van der Waals surface area contributed by atoms with Crippen molar-refractivity contribution in [3.05, 3.63) is 54.1 Å². The molecule has 7 heteroatoms. The van der Waals surface area contributed by atoms with E-state index < -0.39 is 0 Å². The molecule has 0 bridgehead atoms. The lowest BCUT2D eigenvalue weighted by Gasteiger charge is -2.03. The first-order valence-corrected chi connectivity index (χ1v) is 9.00. The maximum Gasteiger partial charge on any atom is 0.250 e. The molecule has 0 saturated carbocycles. The van der Waals surface area contributed by atoms with E-state index in [4.69, 9.17) is 4.74 Å². The lowest BCUT2D eigenvalue weighted by atomic mass is 10.2. The van der Waals surface area contributed by atoms with Crippen molar-refractivity contribution in [3.63, 3.8) is 0 Å². The fourth-order valence-electron chi connectivity index (χ4n) is 2.02. The molecule has 0 saturated heterocycles. The van der Waals surface area contributed by atoms with Gasteiger partial charge in [-0.05, 0) is 24.3 Å². The zero-order valence-corrected chi connectivity index (χ0v) is 14.6. The average molecular weight is 357 g/mol. The summed E-state index contributed by atoms with van der Waals surface area (Å²) in [4.78, 5) is 16.4. The van der Waals surface area contributed by atoms with Crippen LogP contribution in [0.1, 0.15) is 5.56 Å². The van der Waals surface area contributed by atoms with Gasteiger partial charge in [-0.1, -0.05) is 36.0 Å². The molecule has 1 N–H and O–H groups in total. The molecule has 122 valence electrons. The lowest BCUT2D eigenvalue weighted by molar-refractivity contribution is -0.118. The highest BCUT2D eigenvalue weighted by Crippen LogP contribution is 2.28. The van der Waals surface area contributed by atoms with Gasteiger partial charge in [-0.3, -0.25) is 4.79 Å². The third-order valence-corrected chi connectivity index (χ3v) is 5.31. The summed E-state index contributed by atoms with van der Waals surface area (Å²) in [6.07, 6.45) is 1.57. The maximum absolute atomic E-state index is 11.9. The van der Waals surface area contributed by atoms with E-state index in [1.54, 1.807) is 24.7 Å². The number of thioether (sulfide) groups is 1. The molecule has 0 fully saturated rings. The Morgan fingerprint density at radius 3 is 2.92 bits per heavy atom. The molecule has 0 unspecified atom stereocenters. The number of hydrogen-bond acceptors (Lipinski definition) is 6. The van der Waals surface area contributed by atoms with Gasteiger partial charge in [0, 0.05) is 5.56 Å². The van der Waals surface area contributed by atoms with E-state index in [0.29, 0.717) is 5.75 Å². The number of para-hydroxylation sites is 2. The molecule has 24 heavy (non-hydrogen) atoms. The number of benzene rings is 2. The number of nitrogens with zero attached hydrogens (tertiary/aromatic N) is 2. The number of methoxy groups -OCH3 is 1. The fraction of sp³-hybridized carbons (Fsp3) is 0.118. The van der Waals surface area contributed by atoms with Crippen LogP contribution < -0.4 is 10.2 Å². The Balaban J connectivity index is 1.53. The first-order chi connectivity index (χ1) is 11.8. The predicted molar refractivity (Wildman–Crippen MR) is 99.1 cm³/mol. The van der Waals surface area contributed by atoms with Crippen LogP contribution in [0.4, 0.5) is 0 Å². The van der Waals surface area contributed by atoms with Crippen LogP contribution in [0.3, 0.4) is 0 Å². The third kappa shape index (κ3) is 4.12. The third-order valence-electron chi connectivity index (χ3n) is 3.13. The Morgan fingerprint density at radius 1 is 1.29 bits per heavy atom. The van der Waals surface area contributed by atoms with Crippen molar-refractivity contribution in [1.29, 1.82) is 0 Å². The van der Waals surface area contributed by atoms with Gasteiger partial charge >= 0.3 is 0 Å².